The normalized spacial score (nSPS) is 13.2. The molecule has 0 radical (unpaired) electrons. The molecule has 0 saturated heterocycles. The van der Waals surface area contributed by atoms with Crippen molar-refractivity contribution in [3.63, 3.8) is 0 Å². The zero-order valence-corrected chi connectivity index (χ0v) is 27.4. The Morgan fingerprint density at radius 3 is 2.26 bits per heavy atom. The number of benzene rings is 2. The number of nitrogens with zero attached hydrogens (tertiary/aromatic N) is 3. The zero-order chi connectivity index (χ0) is 34.0. The molecule has 11 heteroatoms. The molecule has 0 aliphatic rings. The summed E-state index contributed by atoms with van der Waals surface area (Å²) in [5.41, 5.74) is 1.71. The van der Waals surface area contributed by atoms with Crippen LogP contribution in [0.3, 0.4) is 0 Å². The molecule has 0 aliphatic carbocycles. The smallest absolute Gasteiger partial charge is 0.253 e. The molecule has 0 aliphatic heterocycles. The van der Waals surface area contributed by atoms with Gasteiger partial charge < -0.3 is 25.1 Å². The lowest BCUT2D eigenvalue weighted by Crippen LogP contribution is -2.58. The molecule has 0 unspecified atom stereocenters. The fourth-order valence-corrected chi connectivity index (χ4v) is 5.53. The van der Waals surface area contributed by atoms with Crippen LogP contribution in [0.4, 0.5) is 8.78 Å². The van der Waals surface area contributed by atoms with Gasteiger partial charge in [-0.05, 0) is 79.6 Å². The molecular formula is C36H43F2N5O4. The van der Waals surface area contributed by atoms with Gasteiger partial charge in [0.05, 0.1) is 17.8 Å². The number of carbonyl (C=O) groups excluding carboxylic acids is 2. The largest absolute Gasteiger partial charge is 0.445 e. The predicted molar refractivity (Wildman–Crippen MR) is 176 cm³/mol. The minimum absolute atomic E-state index is 0.0496. The summed E-state index contributed by atoms with van der Waals surface area (Å²) in [7, 11) is 0. The summed E-state index contributed by atoms with van der Waals surface area (Å²) >= 11 is 0. The maximum absolute atomic E-state index is 14.2. The number of carbonyl (C=O) groups is 2. The fraction of sp³-hybridized carbons (Fsp3) is 0.389. The van der Waals surface area contributed by atoms with Gasteiger partial charge in [0.25, 0.3) is 11.8 Å². The Morgan fingerprint density at radius 1 is 0.936 bits per heavy atom. The van der Waals surface area contributed by atoms with Crippen LogP contribution in [-0.4, -0.2) is 63.1 Å². The van der Waals surface area contributed by atoms with Gasteiger partial charge in [0.2, 0.25) is 5.89 Å². The van der Waals surface area contributed by atoms with E-state index in [1.807, 2.05) is 26.8 Å². The topological polar surface area (TPSA) is 121 Å². The molecule has 9 nitrogen and oxygen atoms in total. The van der Waals surface area contributed by atoms with Gasteiger partial charge in [-0.3, -0.25) is 14.6 Å². The Labute approximate surface area is 274 Å². The van der Waals surface area contributed by atoms with E-state index in [0.717, 1.165) is 36.5 Å². The molecule has 2 aromatic carbocycles. The highest BCUT2D eigenvalue weighted by Crippen LogP contribution is 2.25. The Balaban J connectivity index is 1.65. The first-order valence-electron chi connectivity index (χ1n) is 16.0. The maximum atomic E-state index is 14.2. The quantitative estimate of drug-likeness (QED) is 0.142. The average Bonchev–Trinajstić information content (AvgIpc) is 3.59. The lowest BCUT2D eigenvalue weighted by atomic mass is 9.86. The van der Waals surface area contributed by atoms with Gasteiger partial charge in [-0.25, -0.2) is 13.8 Å². The predicted octanol–water partition coefficient (Wildman–Crippen LogP) is 5.72. The first-order chi connectivity index (χ1) is 22.5. The van der Waals surface area contributed by atoms with E-state index in [0.29, 0.717) is 25.2 Å². The number of oxazole rings is 1. The Bertz CT molecular complexity index is 1620. The van der Waals surface area contributed by atoms with Crippen LogP contribution in [0, 0.1) is 11.6 Å². The van der Waals surface area contributed by atoms with Crippen LogP contribution in [0.2, 0.25) is 0 Å². The summed E-state index contributed by atoms with van der Waals surface area (Å²) < 4.78 is 33.9. The van der Waals surface area contributed by atoms with Gasteiger partial charge in [0.15, 0.2) is 0 Å². The molecule has 0 fully saturated rings. The van der Waals surface area contributed by atoms with Crippen LogP contribution < -0.4 is 10.6 Å². The van der Waals surface area contributed by atoms with Crippen LogP contribution in [0.25, 0.3) is 11.5 Å². The highest BCUT2D eigenvalue weighted by molar-refractivity contribution is 6.01. The number of rotatable bonds is 16. The van der Waals surface area contributed by atoms with Crippen molar-refractivity contribution in [2.75, 3.05) is 19.6 Å². The summed E-state index contributed by atoms with van der Waals surface area (Å²) in [4.78, 5) is 37.8. The molecule has 4 aromatic rings. The summed E-state index contributed by atoms with van der Waals surface area (Å²) in [6, 6.07) is 9.83. The Hall–Kier alpha value is -4.48. The number of aromatic nitrogens is 2. The molecule has 0 spiro atoms. The summed E-state index contributed by atoms with van der Waals surface area (Å²) in [6.45, 7) is 9.20. The third-order valence-electron chi connectivity index (χ3n) is 7.95. The van der Waals surface area contributed by atoms with Crippen LogP contribution in [-0.2, 0) is 19.4 Å². The van der Waals surface area contributed by atoms with Crippen molar-refractivity contribution >= 4 is 11.8 Å². The van der Waals surface area contributed by atoms with Crippen molar-refractivity contribution < 1.29 is 27.9 Å². The van der Waals surface area contributed by atoms with Gasteiger partial charge in [0, 0.05) is 61.3 Å². The van der Waals surface area contributed by atoms with Crippen molar-refractivity contribution in [2.45, 2.75) is 71.6 Å². The molecule has 47 heavy (non-hydrogen) atoms. The molecule has 0 bridgehead atoms. The molecule has 4 rings (SSSR count). The molecular weight excluding hydrogens is 604 g/mol. The molecule has 2 aromatic heterocycles. The van der Waals surface area contributed by atoms with Gasteiger partial charge >= 0.3 is 0 Å². The average molecular weight is 648 g/mol. The van der Waals surface area contributed by atoms with E-state index in [2.05, 4.69) is 20.6 Å². The summed E-state index contributed by atoms with van der Waals surface area (Å²) in [5, 5.41) is 17.6. The van der Waals surface area contributed by atoms with E-state index in [1.54, 1.807) is 36.4 Å². The third kappa shape index (κ3) is 9.52. The highest BCUT2D eigenvalue weighted by atomic mass is 19.1. The van der Waals surface area contributed by atoms with Crippen molar-refractivity contribution in [3.05, 3.63) is 107 Å². The minimum atomic E-state index is -1.40. The van der Waals surface area contributed by atoms with E-state index >= 15 is 0 Å². The lowest BCUT2D eigenvalue weighted by Gasteiger charge is -2.36. The monoisotopic (exact) mass is 647 g/mol. The van der Waals surface area contributed by atoms with Crippen molar-refractivity contribution in [2.24, 2.45) is 0 Å². The van der Waals surface area contributed by atoms with E-state index in [9.17, 15) is 23.5 Å². The lowest BCUT2D eigenvalue weighted by molar-refractivity contribution is 0.0566. The van der Waals surface area contributed by atoms with Crippen molar-refractivity contribution in [3.8, 4) is 11.5 Å². The summed E-state index contributed by atoms with van der Waals surface area (Å²) in [5.74, 6) is -2.14. The van der Waals surface area contributed by atoms with Crippen LogP contribution in [0.1, 0.15) is 77.9 Å². The molecule has 2 atom stereocenters. The maximum Gasteiger partial charge on any atom is 0.253 e. The number of hydrogen-bond donors (Lipinski definition) is 3. The van der Waals surface area contributed by atoms with Crippen molar-refractivity contribution in [1.82, 2.24) is 25.5 Å². The number of aliphatic hydroxyl groups is 1. The Morgan fingerprint density at radius 2 is 1.62 bits per heavy atom. The van der Waals surface area contributed by atoms with Crippen LogP contribution in [0.15, 0.2) is 71.7 Å². The second-order valence-electron chi connectivity index (χ2n) is 12.0. The van der Waals surface area contributed by atoms with Gasteiger partial charge in [-0.2, -0.15) is 0 Å². The number of aryl methyl sites for hydroxylation is 1. The number of hydrogen-bond acceptors (Lipinski definition) is 7. The third-order valence-corrected chi connectivity index (χ3v) is 7.95. The highest BCUT2D eigenvalue weighted by Gasteiger charge is 2.36. The van der Waals surface area contributed by atoms with E-state index in [1.165, 1.54) is 30.7 Å². The number of halogens is 2. The Kier molecular flexibility index (Phi) is 12.3. The second kappa shape index (κ2) is 16.4. The number of aliphatic hydroxyl groups excluding tert-OH is 1. The first kappa shape index (κ1) is 35.4. The number of pyridine rings is 1. The number of amides is 2. The molecule has 2 amide bonds. The SMILES string of the molecule is CCCN(CCC)C(=O)c1cc(C(=O)N[C@@](C)(Cc2cc(F)cc(F)c2)[C@H](O)CNCc2cncc(CC)c2)cc(-c2ncco2)c1. The van der Waals surface area contributed by atoms with Crippen LogP contribution >= 0.6 is 0 Å². The van der Waals surface area contributed by atoms with Crippen LogP contribution in [0.5, 0.6) is 0 Å². The minimum Gasteiger partial charge on any atom is -0.445 e. The van der Waals surface area contributed by atoms with E-state index in [-0.39, 0.29) is 41.5 Å². The summed E-state index contributed by atoms with van der Waals surface area (Å²) in [6.07, 6.45) is 7.48. The number of nitrogens with one attached hydrogen (secondary N) is 2. The van der Waals surface area contributed by atoms with Gasteiger partial charge in [-0.1, -0.05) is 26.8 Å². The van der Waals surface area contributed by atoms with E-state index in [4.69, 9.17) is 4.42 Å². The molecule has 250 valence electrons. The first-order valence-corrected chi connectivity index (χ1v) is 16.0. The zero-order valence-electron chi connectivity index (χ0n) is 27.4. The van der Waals surface area contributed by atoms with Crippen molar-refractivity contribution in [1.29, 1.82) is 0 Å². The molecule has 2 heterocycles. The van der Waals surface area contributed by atoms with Gasteiger partial charge in [-0.15, -0.1) is 0 Å². The second-order valence-corrected chi connectivity index (χ2v) is 12.0. The molecule has 3 N–H and O–H groups in total. The standard InChI is InChI=1S/C36H43F2N5O4/c1-5-9-43(10-6-2)35(46)29-16-27(15-28(17-29)34-41-8-11-47-34)33(45)42-36(4,19-25-13-30(37)18-31(38)14-25)32(44)23-40-22-26-12-24(7-3)20-39-21-26/h8,11-18,20-21,32,40,44H,5-7,9-10,19,22-23H2,1-4H3,(H,42,45)/t32-,36+/m1/s1. The molecule has 0 saturated carbocycles. The van der Waals surface area contributed by atoms with E-state index < -0.39 is 29.2 Å². The fourth-order valence-electron chi connectivity index (χ4n) is 5.53. The van der Waals surface area contributed by atoms with Gasteiger partial charge in [0.1, 0.15) is 17.9 Å².